The maximum atomic E-state index is 14.1. The van der Waals surface area contributed by atoms with E-state index in [9.17, 15) is 9.59 Å². The Hall–Kier alpha value is -3.41. The third-order valence-corrected chi connectivity index (χ3v) is 7.83. The summed E-state index contributed by atoms with van der Waals surface area (Å²) in [5.41, 5.74) is 5.25. The van der Waals surface area contributed by atoms with Crippen molar-refractivity contribution >= 4 is 17.5 Å². The molecule has 1 N–H and O–H groups in total. The van der Waals surface area contributed by atoms with Crippen LogP contribution in [0.1, 0.15) is 73.1 Å². The molecule has 1 aliphatic heterocycles. The molecule has 0 saturated heterocycles. The van der Waals surface area contributed by atoms with Gasteiger partial charge in [-0.1, -0.05) is 68.1 Å². The molecule has 0 unspecified atom stereocenters. The number of fused-ring (bicyclic) bond motifs is 1. The topological polar surface area (TPSA) is 67.2 Å². The number of hydrogen-bond donors (Lipinski definition) is 1. The van der Waals surface area contributed by atoms with Crippen LogP contribution in [0.4, 0.5) is 5.69 Å². The zero-order valence-corrected chi connectivity index (χ0v) is 21.8. The monoisotopic (exact) mass is 484 g/mol. The Kier molecular flexibility index (Phi) is 6.45. The molecule has 1 aliphatic carbocycles. The minimum atomic E-state index is -1.10. The molecule has 1 saturated carbocycles. The van der Waals surface area contributed by atoms with E-state index in [4.69, 9.17) is 5.10 Å². The lowest BCUT2D eigenvalue weighted by atomic mass is 9.90. The van der Waals surface area contributed by atoms with Crippen LogP contribution < -0.4 is 10.2 Å². The average molecular weight is 485 g/mol. The van der Waals surface area contributed by atoms with Gasteiger partial charge in [0.2, 0.25) is 5.91 Å². The fourth-order valence-corrected chi connectivity index (χ4v) is 5.66. The van der Waals surface area contributed by atoms with E-state index in [1.54, 1.807) is 9.58 Å². The number of aryl methyl sites for hydroxylation is 3. The van der Waals surface area contributed by atoms with Crippen LogP contribution >= 0.6 is 0 Å². The van der Waals surface area contributed by atoms with E-state index in [1.807, 2.05) is 39.0 Å². The lowest BCUT2D eigenvalue weighted by molar-refractivity contribution is -0.127. The van der Waals surface area contributed by atoms with Gasteiger partial charge < -0.3 is 5.32 Å². The van der Waals surface area contributed by atoms with E-state index in [0.29, 0.717) is 12.2 Å². The van der Waals surface area contributed by atoms with Crippen molar-refractivity contribution in [3.05, 3.63) is 70.9 Å². The minimum absolute atomic E-state index is 0.113. The molecule has 1 aromatic heterocycles. The molecule has 1 fully saturated rings. The van der Waals surface area contributed by atoms with Gasteiger partial charge in [-0.2, -0.15) is 5.10 Å². The van der Waals surface area contributed by atoms with Gasteiger partial charge in [-0.15, -0.1) is 0 Å². The zero-order chi connectivity index (χ0) is 25.4. The highest BCUT2D eigenvalue weighted by molar-refractivity contribution is 6.12. The number of benzene rings is 2. The van der Waals surface area contributed by atoms with Crippen LogP contribution in [0.25, 0.3) is 11.3 Å². The summed E-state index contributed by atoms with van der Waals surface area (Å²) in [6.07, 6.45) is 6.43. The van der Waals surface area contributed by atoms with Gasteiger partial charge in [-0.05, 0) is 63.3 Å². The molecule has 1 atom stereocenters. The summed E-state index contributed by atoms with van der Waals surface area (Å²) in [5.74, 6) is -0.309. The second-order valence-electron chi connectivity index (χ2n) is 10.6. The molecule has 36 heavy (non-hydrogen) atoms. The Balaban J connectivity index is 1.56. The molecule has 2 aromatic carbocycles. The zero-order valence-electron chi connectivity index (χ0n) is 21.8. The Morgan fingerprint density at radius 1 is 1.06 bits per heavy atom. The summed E-state index contributed by atoms with van der Waals surface area (Å²) < 4.78 is 1.73. The second-order valence-corrected chi connectivity index (χ2v) is 10.6. The van der Waals surface area contributed by atoms with Gasteiger partial charge in [0.1, 0.15) is 11.2 Å². The van der Waals surface area contributed by atoms with Crippen LogP contribution in [0.2, 0.25) is 0 Å². The third kappa shape index (κ3) is 4.34. The maximum Gasteiger partial charge on any atom is 0.277 e. The number of carbonyl (C=O) groups is 2. The number of carbonyl (C=O) groups excluding carboxylic acids is 2. The van der Waals surface area contributed by atoms with Gasteiger partial charge >= 0.3 is 0 Å². The van der Waals surface area contributed by atoms with Crippen LogP contribution in [0.3, 0.4) is 0 Å². The first kappa shape index (κ1) is 24.3. The van der Waals surface area contributed by atoms with Crippen molar-refractivity contribution in [3.8, 4) is 11.3 Å². The van der Waals surface area contributed by atoms with Crippen LogP contribution in [0.5, 0.6) is 0 Å². The molecule has 6 heteroatoms. The van der Waals surface area contributed by atoms with Crippen molar-refractivity contribution in [1.82, 2.24) is 15.1 Å². The Bertz CT molecular complexity index is 1290. The van der Waals surface area contributed by atoms with Crippen molar-refractivity contribution < 1.29 is 9.59 Å². The Labute approximate surface area is 213 Å². The smallest absolute Gasteiger partial charge is 0.277 e. The number of hydrogen-bond acceptors (Lipinski definition) is 3. The number of nitrogens with zero attached hydrogens (tertiary/aromatic N) is 3. The Morgan fingerprint density at radius 2 is 1.78 bits per heavy atom. The molecular weight excluding hydrogens is 448 g/mol. The molecule has 2 aliphatic rings. The lowest BCUT2D eigenvalue weighted by Gasteiger charge is -2.44. The highest BCUT2D eigenvalue weighted by Crippen LogP contribution is 2.36. The molecule has 0 bridgehead atoms. The molecule has 3 aromatic rings. The molecule has 5 rings (SSSR count). The number of aromatic nitrogens is 2. The first-order valence-electron chi connectivity index (χ1n) is 13.2. The average Bonchev–Trinajstić information content (AvgIpc) is 3.30. The first-order chi connectivity index (χ1) is 17.3. The molecule has 188 valence electrons. The fraction of sp³-hybridized carbons (Fsp3) is 0.433. The minimum Gasteiger partial charge on any atom is -0.351 e. The molecule has 0 radical (unpaired) electrons. The van der Waals surface area contributed by atoms with Crippen molar-refractivity contribution in [3.63, 3.8) is 0 Å². The largest absolute Gasteiger partial charge is 0.351 e. The molecule has 0 spiro atoms. The van der Waals surface area contributed by atoms with E-state index in [2.05, 4.69) is 42.6 Å². The maximum absolute atomic E-state index is 14.1. The third-order valence-electron chi connectivity index (χ3n) is 7.83. The number of rotatable bonds is 5. The molecule has 2 heterocycles. The van der Waals surface area contributed by atoms with E-state index in [0.717, 1.165) is 60.2 Å². The van der Waals surface area contributed by atoms with Gasteiger partial charge in [-0.3, -0.25) is 19.2 Å². The predicted octanol–water partition coefficient (Wildman–Crippen LogP) is 5.60. The molecule has 2 amide bonds. The number of nitrogens with one attached hydrogen (secondary N) is 1. The second kappa shape index (κ2) is 9.57. The van der Waals surface area contributed by atoms with E-state index in [-0.39, 0.29) is 17.9 Å². The van der Waals surface area contributed by atoms with Crippen LogP contribution in [-0.4, -0.2) is 33.2 Å². The lowest BCUT2D eigenvalue weighted by Crippen LogP contribution is -2.65. The SMILES string of the molecule is CCc1ccc(-c2cc3n(n2)C[C@@](C)(C(=O)NC2CCCCC2)N(c2ccc(C)cc2C)C3=O)cc1. The van der Waals surface area contributed by atoms with Gasteiger partial charge in [0.15, 0.2) is 0 Å². The van der Waals surface area contributed by atoms with Gasteiger partial charge in [0, 0.05) is 17.3 Å². The summed E-state index contributed by atoms with van der Waals surface area (Å²) in [5, 5.41) is 8.09. The van der Waals surface area contributed by atoms with E-state index >= 15 is 0 Å². The summed E-state index contributed by atoms with van der Waals surface area (Å²) in [6, 6.07) is 16.3. The summed E-state index contributed by atoms with van der Waals surface area (Å²) >= 11 is 0. The van der Waals surface area contributed by atoms with Crippen molar-refractivity contribution in [1.29, 1.82) is 0 Å². The van der Waals surface area contributed by atoms with Crippen LogP contribution in [-0.2, 0) is 17.8 Å². The summed E-state index contributed by atoms with van der Waals surface area (Å²) in [7, 11) is 0. The normalized spacial score (nSPS) is 20.3. The van der Waals surface area contributed by atoms with Crippen molar-refractivity contribution in [2.24, 2.45) is 0 Å². The van der Waals surface area contributed by atoms with Crippen LogP contribution in [0.15, 0.2) is 48.5 Å². The van der Waals surface area contributed by atoms with Gasteiger partial charge in [0.25, 0.3) is 5.91 Å². The van der Waals surface area contributed by atoms with Crippen LogP contribution in [0, 0.1) is 13.8 Å². The summed E-state index contributed by atoms with van der Waals surface area (Å²) in [6.45, 7) is 8.34. The fourth-order valence-electron chi connectivity index (χ4n) is 5.66. The van der Waals surface area contributed by atoms with Crippen molar-refractivity contribution in [2.45, 2.75) is 84.3 Å². The highest BCUT2D eigenvalue weighted by atomic mass is 16.2. The van der Waals surface area contributed by atoms with E-state index < -0.39 is 5.54 Å². The Morgan fingerprint density at radius 3 is 2.44 bits per heavy atom. The number of anilines is 1. The summed E-state index contributed by atoms with van der Waals surface area (Å²) in [4.78, 5) is 29.7. The van der Waals surface area contributed by atoms with E-state index in [1.165, 1.54) is 12.0 Å². The van der Waals surface area contributed by atoms with Gasteiger partial charge in [-0.25, -0.2) is 0 Å². The molecular formula is C30H36N4O2. The predicted molar refractivity (Wildman–Crippen MR) is 143 cm³/mol. The first-order valence-corrected chi connectivity index (χ1v) is 13.2. The number of amides is 2. The highest BCUT2D eigenvalue weighted by Gasteiger charge is 2.49. The van der Waals surface area contributed by atoms with Gasteiger partial charge in [0.05, 0.1) is 12.2 Å². The standard InChI is InChI=1S/C30H36N4O2/c1-5-22-12-14-23(15-13-22)25-18-27-28(35)34(26-16-11-20(2)17-21(26)3)30(4,19-33(27)32-25)29(36)31-24-9-7-6-8-10-24/h11-18,24H,5-10,19H2,1-4H3,(H,31,36)/t30-/m0/s1. The van der Waals surface area contributed by atoms with Crippen molar-refractivity contribution in [2.75, 3.05) is 4.90 Å². The quantitative estimate of drug-likeness (QED) is 0.513. The molecule has 6 nitrogen and oxygen atoms in total.